The zero-order valence-electron chi connectivity index (χ0n) is 19.1. The van der Waals surface area contributed by atoms with Crippen LogP contribution in [0.3, 0.4) is 0 Å². The van der Waals surface area contributed by atoms with Crippen molar-refractivity contribution >= 4 is 16.8 Å². The number of hydrogen-bond donors (Lipinski definition) is 2. The van der Waals surface area contributed by atoms with E-state index >= 15 is 0 Å². The van der Waals surface area contributed by atoms with Crippen LogP contribution < -0.4 is 10.2 Å². The lowest BCUT2D eigenvalue weighted by Gasteiger charge is -2.22. The number of nitrogens with one attached hydrogen (secondary N) is 1. The van der Waals surface area contributed by atoms with Crippen molar-refractivity contribution in [1.29, 1.82) is 0 Å². The summed E-state index contributed by atoms with van der Waals surface area (Å²) in [6.07, 6.45) is 8.31. The molecule has 0 radical (unpaired) electrons. The van der Waals surface area contributed by atoms with Crippen molar-refractivity contribution in [3.63, 3.8) is 0 Å². The summed E-state index contributed by atoms with van der Waals surface area (Å²) in [6, 6.07) is 11.5. The molecule has 4 aromatic rings. The van der Waals surface area contributed by atoms with Crippen LogP contribution >= 0.6 is 0 Å². The fraction of sp³-hybridized carbons (Fsp3) is 0.231. The van der Waals surface area contributed by atoms with Gasteiger partial charge in [0.15, 0.2) is 17.8 Å². The lowest BCUT2D eigenvalue weighted by atomic mass is 10.00. The highest BCUT2D eigenvalue weighted by atomic mass is 16.8. The quantitative estimate of drug-likeness (QED) is 0.400. The summed E-state index contributed by atoms with van der Waals surface area (Å²) >= 11 is 0. The van der Waals surface area contributed by atoms with Gasteiger partial charge in [0, 0.05) is 42.6 Å². The SMILES string of the molecule is COc1c(-c2ccc(-c3ccncc3)cc2)nc2c(O)cncc2c1C(=O)NOC1CCCCO1. The molecule has 178 valence electrons. The van der Waals surface area contributed by atoms with E-state index in [0.29, 0.717) is 29.7 Å². The molecule has 2 N–H and O–H groups in total. The van der Waals surface area contributed by atoms with Gasteiger partial charge in [0.2, 0.25) is 0 Å². The Morgan fingerprint density at radius 1 is 1.03 bits per heavy atom. The predicted molar refractivity (Wildman–Crippen MR) is 129 cm³/mol. The van der Waals surface area contributed by atoms with Gasteiger partial charge < -0.3 is 14.6 Å². The van der Waals surface area contributed by atoms with Gasteiger partial charge in [-0.15, -0.1) is 0 Å². The monoisotopic (exact) mass is 472 g/mol. The van der Waals surface area contributed by atoms with E-state index in [4.69, 9.17) is 14.3 Å². The molecular weight excluding hydrogens is 448 g/mol. The molecule has 9 heteroatoms. The average Bonchev–Trinajstić information content (AvgIpc) is 2.92. The number of carbonyl (C=O) groups is 1. The Hall–Kier alpha value is -4.08. The summed E-state index contributed by atoms with van der Waals surface area (Å²) in [5.41, 5.74) is 6.01. The Morgan fingerprint density at radius 3 is 2.49 bits per heavy atom. The van der Waals surface area contributed by atoms with Crippen LogP contribution in [0.15, 0.2) is 61.2 Å². The van der Waals surface area contributed by atoms with Gasteiger partial charge >= 0.3 is 0 Å². The molecule has 1 aromatic carbocycles. The standard InChI is InChI=1S/C26H24N4O5/c1-33-25-22(26(32)30-35-21-4-2-3-13-34-21)19-14-28-15-20(31)24(19)29-23(25)18-7-5-16(6-8-18)17-9-11-27-12-10-17/h5-12,14-15,21,31H,2-4,13H2,1H3,(H,30,32). The van der Waals surface area contributed by atoms with Gasteiger partial charge in [-0.25, -0.2) is 15.3 Å². The van der Waals surface area contributed by atoms with E-state index < -0.39 is 12.2 Å². The number of ether oxygens (including phenoxy) is 2. The number of aromatic nitrogens is 3. The number of benzene rings is 1. The molecule has 1 fully saturated rings. The summed E-state index contributed by atoms with van der Waals surface area (Å²) in [5, 5.41) is 10.8. The lowest BCUT2D eigenvalue weighted by molar-refractivity contribution is -0.186. The third-order valence-corrected chi connectivity index (χ3v) is 5.86. The Bertz CT molecular complexity index is 1340. The van der Waals surface area contributed by atoms with Crippen molar-refractivity contribution in [2.45, 2.75) is 25.6 Å². The van der Waals surface area contributed by atoms with Crippen LogP contribution in [-0.2, 0) is 9.57 Å². The van der Waals surface area contributed by atoms with Crippen LogP contribution in [0.4, 0.5) is 0 Å². The van der Waals surface area contributed by atoms with E-state index in [0.717, 1.165) is 24.0 Å². The molecule has 0 spiro atoms. The van der Waals surface area contributed by atoms with E-state index in [1.54, 1.807) is 12.4 Å². The molecule has 1 amide bonds. The number of rotatable bonds is 6. The maximum Gasteiger partial charge on any atom is 0.279 e. The normalized spacial score (nSPS) is 15.6. The van der Waals surface area contributed by atoms with Gasteiger partial charge in [-0.05, 0) is 36.1 Å². The number of hydrogen-bond acceptors (Lipinski definition) is 8. The van der Waals surface area contributed by atoms with Crippen LogP contribution in [0.25, 0.3) is 33.3 Å². The van der Waals surface area contributed by atoms with Gasteiger partial charge in [-0.1, -0.05) is 24.3 Å². The third-order valence-electron chi connectivity index (χ3n) is 5.86. The Balaban J connectivity index is 1.56. The number of hydroxylamine groups is 1. The van der Waals surface area contributed by atoms with E-state index in [1.807, 2.05) is 36.4 Å². The van der Waals surface area contributed by atoms with Gasteiger partial charge in [0.05, 0.1) is 18.9 Å². The molecule has 0 aliphatic carbocycles. The number of aromatic hydroxyl groups is 1. The van der Waals surface area contributed by atoms with E-state index in [9.17, 15) is 9.90 Å². The summed E-state index contributed by atoms with van der Waals surface area (Å²) in [5.74, 6) is -0.455. The fourth-order valence-corrected chi connectivity index (χ4v) is 4.11. The second-order valence-corrected chi connectivity index (χ2v) is 8.08. The Kier molecular flexibility index (Phi) is 6.51. The minimum absolute atomic E-state index is 0.148. The second kappa shape index (κ2) is 10.0. The number of pyridine rings is 3. The maximum atomic E-state index is 13.3. The minimum Gasteiger partial charge on any atom is -0.504 e. The first kappa shape index (κ1) is 22.7. The van der Waals surface area contributed by atoms with Gasteiger partial charge in [-0.2, -0.15) is 0 Å². The molecular formula is C26H24N4O5. The highest BCUT2D eigenvalue weighted by molar-refractivity contribution is 6.10. The molecule has 0 bridgehead atoms. The van der Waals surface area contributed by atoms with Gasteiger partial charge in [-0.3, -0.25) is 14.8 Å². The number of carbonyl (C=O) groups excluding carboxylic acids is 1. The van der Waals surface area contributed by atoms with Gasteiger partial charge in [0.25, 0.3) is 5.91 Å². The zero-order valence-corrected chi connectivity index (χ0v) is 19.1. The number of methoxy groups -OCH3 is 1. The molecule has 5 rings (SSSR count). The first-order chi connectivity index (χ1) is 17.2. The number of fused-ring (bicyclic) bond motifs is 1. The number of nitrogens with zero attached hydrogens (tertiary/aromatic N) is 3. The van der Waals surface area contributed by atoms with Crippen molar-refractivity contribution in [3.8, 4) is 33.9 Å². The van der Waals surface area contributed by atoms with Crippen molar-refractivity contribution in [2.75, 3.05) is 13.7 Å². The highest BCUT2D eigenvalue weighted by Gasteiger charge is 2.26. The minimum atomic E-state index is -0.550. The largest absolute Gasteiger partial charge is 0.504 e. The third kappa shape index (κ3) is 4.64. The molecule has 1 aliphatic rings. The molecule has 1 unspecified atom stereocenters. The van der Waals surface area contributed by atoms with Gasteiger partial charge in [0.1, 0.15) is 11.2 Å². The van der Waals surface area contributed by atoms with Crippen molar-refractivity contribution in [1.82, 2.24) is 20.4 Å². The molecule has 4 heterocycles. The molecule has 1 saturated heterocycles. The van der Waals surface area contributed by atoms with Crippen LogP contribution in [-0.4, -0.2) is 46.0 Å². The van der Waals surface area contributed by atoms with E-state index in [1.165, 1.54) is 19.5 Å². The number of amides is 1. The lowest BCUT2D eigenvalue weighted by Crippen LogP contribution is -2.33. The first-order valence-electron chi connectivity index (χ1n) is 11.3. The van der Waals surface area contributed by atoms with Crippen LogP contribution in [0.2, 0.25) is 0 Å². The van der Waals surface area contributed by atoms with Crippen molar-refractivity contribution < 1.29 is 24.2 Å². The second-order valence-electron chi connectivity index (χ2n) is 8.08. The smallest absolute Gasteiger partial charge is 0.279 e. The van der Waals surface area contributed by atoms with Crippen LogP contribution in [0.1, 0.15) is 29.6 Å². The zero-order chi connectivity index (χ0) is 24.2. The molecule has 3 aromatic heterocycles. The topological polar surface area (TPSA) is 116 Å². The van der Waals surface area contributed by atoms with E-state index in [-0.39, 0.29) is 22.6 Å². The van der Waals surface area contributed by atoms with Crippen molar-refractivity contribution in [2.24, 2.45) is 0 Å². The molecule has 1 aliphatic heterocycles. The Labute approximate surface area is 201 Å². The summed E-state index contributed by atoms with van der Waals surface area (Å²) in [6.45, 7) is 0.583. The first-order valence-corrected chi connectivity index (χ1v) is 11.3. The molecule has 9 nitrogen and oxygen atoms in total. The van der Waals surface area contributed by atoms with Crippen LogP contribution in [0, 0.1) is 0 Å². The highest BCUT2D eigenvalue weighted by Crippen LogP contribution is 2.38. The maximum absolute atomic E-state index is 13.3. The average molecular weight is 473 g/mol. The molecule has 1 atom stereocenters. The predicted octanol–water partition coefficient (Wildman–Crippen LogP) is 4.26. The molecule has 0 saturated carbocycles. The van der Waals surface area contributed by atoms with Crippen LogP contribution in [0.5, 0.6) is 11.5 Å². The summed E-state index contributed by atoms with van der Waals surface area (Å²) in [4.78, 5) is 31.5. The summed E-state index contributed by atoms with van der Waals surface area (Å²) < 4.78 is 11.2. The fourth-order valence-electron chi connectivity index (χ4n) is 4.11. The van der Waals surface area contributed by atoms with E-state index in [2.05, 4.69) is 20.4 Å². The molecule has 35 heavy (non-hydrogen) atoms. The summed E-state index contributed by atoms with van der Waals surface area (Å²) in [7, 11) is 1.47. The van der Waals surface area contributed by atoms with Crippen molar-refractivity contribution in [3.05, 3.63) is 66.7 Å². The Morgan fingerprint density at radius 2 is 1.77 bits per heavy atom.